The summed E-state index contributed by atoms with van der Waals surface area (Å²) in [5, 5.41) is 141. The third kappa shape index (κ3) is 9.91. The molecule has 0 spiro atoms. The first-order valence-corrected chi connectivity index (χ1v) is 17.6. The van der Waals surface area contributed by atoms with Crippen LogP contribution in [0.15, 0.2) is 0 Å². The zero-order valence-corrected chi connectivity index (χ0v) is 30.3. The molecule has 4 aliphatic heterocycles. The summed E-state index contributed by atoms with van der Waals surface area (Å²) in [6.45, 7) is 0.379. The number of hydrogen-bond acceptors (Lipinski definition) is 22. The third-order valence-electron chi connectivity index (χ3n) is 9.95. The zero-order valence-electron chi connectivity index (χ0n) is 30.3. The summed E-state index contributed by atoms with van der Waals surface area (Å²) in [5.74, 6) is -6.38. The lowest BCUT2D eigenvalue weighted by Crippen LogP contribution is -2.70. The van der Waals surface area contributed by atoms with Crippen molar-refractivity contribution in [3.8, 4) is 0 Å². The molecule has 2 amide bonds. The predicted octanol–water partition coefficient (Wildman–Crippen LogP) is -9.23. The quantitative estimate of drug-likeness (QED) is 0.0773. The van der Waals surface area contributed by atoms with Crippen LogP contribution >= 0.6 is 0 Å². The maximum absolute atomic E-state index is 12.7. The second kappa shape index (κ2) is 19.1. The van der Waals surface area contributed by atoms with Crippen LogP contribution in [0.3, 0.4) is 0 Å². The first kappa shape index (κ1) is 46.3. The number of aliphatic hydroxyl groups is 12. The number of carbonyl (C=O) groups excluding carboxylic acids is 2. The first-order valence-electron chi connectivity index (χ1n) is 17.6. The Labute approximate surface area is 317 Å². The van der Waals surface area contributed by atoms with Crippen molar-refractivity contribution in [2.24, 2.45) is 0 Å². The van der Waals surface area contributed by atoms with Gasteiger partial charge in [-0.2, -0.15) is 0 Å². The largest absolute Gasteiger partial charge is 0.477 e. The molecule has 0 bridgehead atoms. The van der Waals surface area contributed by atoms with Crippen LogP contribution in [0.2, 0.25) is 0 Å². The van der Waals surface area contributed by atoms with Gasteiger partial charge in [-0.25, -0.2) is 4.79 Å². The second-order valence-electron chi connectivity index (χ2n) is 14.1. The maximum atomic E-state index is 12.7. The molecule has 324 valence electrons. The van der Waals surface area contributed by atoms with Gasteiger partial charge >= 0.3 is 5.97 Å². The lowest BCUT2D eigenvalue weighted by Gasteiger charge is -2.49. The van der Waals surface area contributed by atoms with Crippen LogP contribution in [0, 0.1) is 0 Å². The fourth-order valence-electron chi connectivity index (χ4n) is 6.86. The third-order valence-corrected chi connectivity index (χ3v) is 9.95. The molecule has 0 aliphatic carbocycles. The van der Waals surface area contributed by atoms with E-state index in [-0.39, 0.29) is 0 Å². The highest BCUT2D eigenvalue weighted by Crippen LogP contribution is 2.36. The van der Waals surface area contributed by atoms with Gasteiger partial charge in [-0.15, -0.1) is 0 Å². The average molecular weight is 821 g/mol. The van der Waals surface area contributed by atoms with Crippen molar-refractivity contribution in [1.29, 1.82) is 0 Å². The molecule has 4 fully saturated rings. The Morgan fingerprint density at radius 1 is 0.750 bits per heavy atom. The van der Waals surface area contributed by atoms with Crippen molar-refractivity contribution in [3.05, 3.63) is 0 Å². The summed E-state index contributed by atoms with van der Waals surface area (Å²) in [5.41, 5.74) is 0. The van der Waals surface area contributed by atoms with Crippen molar-refractivity contribution in [3.63, 3.8) is 0 Å². The minimum atomic E-state index is -2.91. The molecule has 15 N–H and O–H groups in total. The Morgan fingerprint density at radius 3 is 1.93 bits per heavy atom. The number of aliphatic hydroxyl groups excluding tert-OH is 12. The molecular weight excluding hydrogens is 768 g/mol. The van der Waals surface area contributed by atoms with Gasteiger partial charge in [0.15, 0.2) is 18.9 Å². The molecule has 21 atom stereocenters. The number of rotatable bonds is 14. The van der Waals surface area contributed by atoms with E-state index >= 15 is 0 Å². The number of hydrogen-bond donors (Lipinski definition) is 15. The Balaban J connectivity index is 1.63. The van der Waals surface area contributed by atoms with Crippen LogP contribution in [0.25, 0.3) is 0 Å². The lowest BCUT2D eigenvalue weighted by atomic mass is 9.88. The number of carbonyl (C=O) groups is 3. The Kier molecular flexibility index (Phi) is 15.8. The van der Waals surface area contributed by atoms with E-state index in [0.717, 1.165) is 13.8 Å². The van der Waals surface area contributed by atoms with Gasteiger partial charge in [-0.3, -0.25) is 9.59 Å². The smallest absolute Gasteiger partial charge is 0.364 e. The van der Waals surface area contributed by atoms with Gasteiger partial charge < -0.3 is 110 Å². The van der Waals surface area contributed by atoms with E-state index in [1.807, 2.05) is 0 Å². The number of ether oxygens (including phenoxy) is 7. The van der Waals surface area contributed by atoms with Crippen LogP contribution in [0.5, 0.6) is 0 Å². The van der Waals surface area contributed by atoms with E-state index in [4.69, 9.17) is 33.2 Å². The minimum absolute atomic E-state index is 0.750. The Bertz CT molecular complexity index is 1330. The second-order valence-corrected chi connectivity index (χ2v) is 14.1. The van der Waals surface area contributed by atoms with Crippen LogP contribution in [-0.2, 0) is 47.5 Å². The SMILES string of the molecule is CC(=O)N[C@@H]1[C@@H](O[C@@H]2O[C@H](CO)[C@H](O)[C@H](O)[C@H]2O[C@@H]2O[C@@H](C)[C@@H](O)[C@@H](O)[C@@H]2O)[C@@H](O)[C@@H](CO[C@]2(C(=O)O)C[C@H](O)[C@@H](NC(C)=O)[C@H]([C@H](O)[C@H](O)CO)O2)O[C@@H]1O. The van der Waals surface area contributed by atoms with Gasteiger partial charge in [0.2, 0.25) is 11.8 Å². The highest BCUT2D eigenvalue weighted by atomic mass is 16.8. The van der Waals surface area contributed by atoms with Gasteiger partial charge in [0.05, 0.1) is 38.1 Å². The highest BCUT2D eigenvalue weighted by Gasteiger charge is 2.58. The van der Waals surface area contributed by atoms with Crippen LogP contribution in [0.1, 0.15) is 27.2 Å². The highest BCUT2D eigenvalue weighted by molar-refractivity contribution is 5.76. The fourth-order valence-corrected chi connectivity index (χ4v) is 6.86. The number of amides is 2. The Morgan fingerprint density at radius 2 is 1.36 bits per heavy atom. The van der Waals surface area contributed by atoms with Gasteiger partial charge in [0.1, 0.15) is 85.4 Å². The summed E-state index contributed by atoms with van der Waals surface area (Å²) in [4.78, 5) is 36.7. The molecule has 0 radical (unpaired) electrons. The summed E-state index contributed by atoms with van der Waals surface area (Å²) in [6, 6.07) is -3.22. The van der Waals surface area contributed by atoms with Gasteiger partial charge in [0.25, 0.3) is 5.79 Å². The van der Waals surface area contributed by atoms with Crippen molar-refractivity contribution in [2.75, 3.05) is 19.8 Å². The minimum Gasteiger partial charge on any atom is -0.477 e. The van der Waals surface area contributed by atoms with Crippen LogP contribution in [0.4, 0.5) is 0 Å². The van der Waals surface area contributed by atoms with E-state index in [2.05, 4.69) is 10.6 Å². The van der Waals surface area contributed by atoms with Crippen molar-refractivity contribution >= 4 is 17.8 Å². The number of carboxylic acid groups (broad SMARTS) is 1. The van der Waals surface area contributed by atoms with E-state index in [9.17, 15) is 80.8 Å². The first-order chi connectivity index (χ1) is 26.2. The fraction of sp³-hybridized carbons (Fsp3) is 0.903. The van der Waals surface area contributed by atoms with Crippen LogP contribution < -0.4 is 10.6 Å². The molecule has 0 aromatic carbocycles. The molecule has 4 aliphatic rings. The standard InChI is InChI=1S/C31H52N2O23/c1-8-17(40)21(44)23(46)28(51-8)55-26-22(45)19(42)13(6-35)53-29(26)54-24-16(33-10(3)37)27(47)52-14(20(24)43)7-50-31(30(48)49)4-11(38)15(32-9(2)36)25(56-31)18(41)12(39)5-34/h8,11-29,34-35,38-47H,4-7H2,1-3H3,(H,32,36)(H,33,37)(H,48,49)/t8-,11-,12+,13+,14+,15+,16+,17+,18+,19-,20-,21+,22-,23-,24+,25+,26+,27-,28-,29-,31+/m0/s1. The van der Waals surface area contributed by atoms with Gasteiger partial charge in [-0.1, -0.05) is 0 Å². The molecule has 25 heteroatoms. The molecule has 0 aromatic rings. The van der Waals surface area contributed by atoms with Crippen molar-refractivity contribution in [2.45, 2.75) is 155 Å². The van der Waals surface area contributed by atoms with Crippen molar-refractivity contribution < 1.29 is 114 Å². The topological polar surface area (TPSA) is 403 Å². The number of carboxylic acids is 1. The normalized spacial score (nSPS) is 45.7. The molecule has 4 rings (SSSR count). The summed E-state index contributed by atoms with van der Waals surface area (Å²) in [7, 11) is 0. The lowest BCUT2D eigenvalue weighted by molar-refractivity contribution is -0.381. The monoisotopic (exact) mass is 820 g/mol. The zero-order chi connectivity index (χ0) is 42.0. The molecule has 0 unspecified atom stereocenters. The molecule has 0 aromatic heterocycles. The number of nitrogens with one attached hydrogen (secondary N) is 2. The molecule has 4 heterocycles. The maximum Gasteiger partial charge on any atom is 0.364 e. The molecule has 25 nitrogen and oxygen atoms in total. The van der Waals surface area contributed by atoms with Gasteiger partial charge in [0, 0.05) is 20.3 Å². The van der Waals surface area contributed by atoms with Gasteiger partial charge in [-0.05, 0) is 6.92 Å². The van der Waals surface area contributed by atoms with Crippen molar-refractivity contribution in [1.82, 2.24) is 10.6 Å². The van der Waals surface area contributed by atoms with E-state index in [0.29, 0.717) is 0 Å². The van der Waals surface area contributed by atoms with Crippen LogP contribution in [-0.4, -0.2) is 232 Å². The van der Waals surface area contributed by atoms with E-state index in [1.54, 1.807) is 0 Å². The summed E-state index contributed by atoms with van der Waals surface area (Å²) >= 11 is 0. The van der Waals surface area contributed by atoms with E-state index < -0.39 is 172 Å². The Hall–Kier alpha value is -2.35. The molecular formula is C31H52N2O23. The number of aliphatic carboxylic acids is 1. The summed E-state index contributed by atoms with van der Waals surface area (Å²) in [6.07, 6.45) is -34.2. The van der Waals surface area contributed by atoms with E-state index in [1.165, 1.54) is 6.92 Å². The molecule has 0 saturated carbocycles. The molecule has 4 saturated heterocycles. The predicted molar refractivity (Wildman–Crippen MR) is 173 cm³/mol. The average Bonchev–Trinajstić information content (AvgIpc) is 3.14. The molecule has 56 heavy (non-hydrogen) atoms. The summed E-state index contributed by atoms with van der Waals surface area (Å²) < 4.78 is 39.2.